The zero-order chi connectivity index (χ0) is 32.7. The van der Waals surface area contributed by atoms with E-state index in [1.807, 2.05) is 13.0 Å². The number of benzene rings is 2. The molecule has 5 rings (SSSR count). The van der Waals surface area contributed by atoms with Crippen LogP contribution >= 0.6 is 15.9 Å². The van der Waals surface area contributed by atoms with Gasteiger partial charge in [0.2, 0.25) is 5.91 Å². The summed E-state index contributed by atoms with van der Waals surface area (Å²) in [6, 6.07) is 5.49. The zero-order valence-corrected chi connectivity index (χ0v) is 26.6. The number of halogens is 3. The third kappa shape index (κ3) is 6.37. The summed E-state index contributed by atoms with van der Waals surface area (Å²) in [7, 11) is 1.31. The number of aliphatic hydroxyl groups is 3. The molecule has 0 saturated carbocycles. The Kier molecular flexibility index (Phi) is 9.68. The SMILES string of the molecule is COC1C(C(=O)N(c2cc(C)cc(Br)c2)[C@@H]2CN(C(C)=O)C[C@H]2O)OC(CO)C(O)C1n1cc(-c2cc(F)c(C)c(F)c2)nn1. The van der Waals surface area contributed by atoms with Crippen LogP contribution in [0.2, 0.25) is 0 Å². The van der Waals surface area contributed by atoms with Gasteiger partial charge in [0, 0.05) is 48.4 Å². The van der Waals surface area contributed by atoms with Crippen LogP contribution in [0, 0.1) is 25.5 Å². The smallest absolute Gasteiger partial charge is 0.259 e. The Morgan fingerprint density at radius 1 is 1.13 bits per heavy atom. The molecule has 2 aromatic carbocycles. The van der Waals surface area contributed by atoms with Gasteiger partial charge in [-0.05, 0) is 49.7 Å². The number of rotatable bonds is 7. The van der Waals surface area contributed by atoms with Crippen molar-refractivity contribution in [3.63, 3.8) is 0 Å². The average Bonchev–Trinajstić information content (AvgIpc) is 3.62. The lowest BCUT2D eigenvalue weighted by Gasteiger charge is -2.45. The molecule has 2 saturated heterocycles. The van der Waals surface area contributed by atoms with Gasteiger partial charge in [0.05, 0.1) is 24.9 Å². The minimum Gasteiger partial charge on any atom is -0.394 e. The fraction of sp³-hybridized carbons (Fsp3) is 0.467. The van der Waals surface area contributed by atoms with Crippen molar-refractivity contribution in [1.29, 1.82) is 0 Å². The van der Waals surface area contributed by atoms with E-state index in [0.717, 1.165) is 17.7 Å². The minimum atomic E-state index is -1.45. The Hall–Kier alpha value is -3.34. The second-order valence-electron chi connectivity index (χ2n) is 11.4. The van der Waals surface area contributed by atoms with Gasteiger partial charge in [-0.1, -0.05) is 21.1 Å². The van der Waals surface area contributed by atoms with Crippen molar-refractivity contribution in [2.24, 2.45) is 0 Å². The fourth-order valence-electron chi connectivity index (χ4n) is 5.96. The highest BCUT2D eigenvalue weighted by Crippen LogP contribution is 2.36. The summed E-state index contributed by atoms with van der Waals surface area (Å²) in [6.45, 7) is 3.90. The molecule has 2 amide bonds. The number of anilines is 1. The molecule has 45 heavy (non-hydrogen) atoms. The van der Waals surface area contributed by atoms with Crippen molar-refractivity contribution in [2.75, 3.05) is 31.7 Å². The second kappa shape index (κ2) is 13.2. The number of β-amino-alcohol motifs (C(OH)–C–C–N with tert-alkyl or cyclic N) is 1. The predicted octanol–water partition coefficient (Wildman–Crippen LogP) is 1.90. The highest BCUT2D eigenvalue weighted by Gasteiger charge is 2.52. The lowest BCUT2D eigenvalue weighted by molar-refractivity contribution is -0.211. The first kappa shape index (κ1) is 33.0. The van der Waals surface area contributed by atoms with E-state index in [1.165, 1.54) is 41.6 Å². The molecule has 2 aliphatic heterocycles. The van der Waals surface area contributed by atoms with Gasteiger partial charge >= 0.3 is 0 Å². The highest BCUT2D eigenvalue weighted by molar-refractivity contribution is 9.10. The zero-order valence-electron chi connectivity index (χ0n) is 25.0. The molecule has 7 atom stereocenters. The molecule has 3 aromatic rings. The van der Waals surface area contributed by atoms with Crippen LogP contribution in [-0.2, 0) is 19.1 Å². The third-order valence-corrected chi connectivity index (χ3v) is 8.81. The highest BCUT2D eigenvalue weighted by atomic mass is 79.9. The van der Waals surface area contributed by atoms with E-state index in [9.17, 15) is 33.7 Å². The number of carbonyl (C=O) groups is 2. The Morgan fingerprint density at radius 3 is 2.40 bits per heavy atom. The van der Waals surface area contributed by atoms with Crippen molar-refractivity contribution >= 4 is 33.4 Å². The van der Waals surface area contributed by atoms with E-state index in [4.69, 9.17) is 9.47 Å². The maximum atomic E-state index is 14.6. The normalized spacial score (nSPS) is 26.7. The van der Waals surface area contributed by atoms with Gasteiger partial charge in [0.15, 0.2) is 6.10 Å². The maximum Gasteiger partial charge on any atom is 0.259 e. The molecule has 0 spiro atoms. The van der Waals surface area contributed by atoms with Crippen LogP contribution in [-0.4, -0.2) is 110 Å². The minimum absolute atomic E-state index is 0.0124. The maximum absolute atomic E-state index is 14.6. The summed E-state index contributed by atoms with van der Waals surface area (Å²) in [5.74, 6) is -2.47. The number of carbonyl (C=O) groups excluding carboxylic acids is 2. The van der Waals surface area contributed by atoms with E-state index in [2.05, 4.69) is 26.2 Å². The first-order valence-corrected chi connectivity index (χ1v) is 15.0. The molecule has 0 aliphatic carbocycles. The Balaban J connectivity index is 1.56. The van der Waals surface area contributed by atoms with Crippen molar-refractivity contribution in [3.8, 4) is 11.3 Å². The van der Waals surface area contributed by atoms with Crippen LogP contribution in [0.4, 0.5) is 14.5 Å². The van der Waals surface area contributed by atoms with Gasteiger partial charge in [-0.15, -0.1) is 5.10 Å². The van der Waals surface area contributed by atoms with E-state index in [0.29, 0.717) is 10.2 Å². The molecule has 1 aromatic heterocycles. The molecule has 0 bridgehead atoms. The number of ether oxygens (including phenoxy) is 2. The Labute approximate surface area is 266 Å². The summed E-state index contributed by atoms with van der Waals surface area (Å²) in [5, 5.41) is 40.6. The summed E-state index contributed by atoms with van der Waals surface area (Å²) in [5.41, 5.74) is 1.26. The van der Waals surface area contributed by atoms with Gasteiger partial charge in [0.25, 0.3) is 5.91 Å². The largest absolute Gasteiger partial charge is 0.394 e. The van der Waals surface area contributed by atoms with Gasteiger partial charge in [-0.3, -0.25) is 9.59 Å². The second-order valence-corrected chi connectivity index (χ2v) is 12.3. The monoisotopic (exact) mass is 693 g/mol. The number of hydrogen-bond donors (Lipinski definition) is 3. The van der Waals surface area contributed by atoms with Crippen molar-refractivity contribution in [2.45, 2.75) is 63.4 Å². The number of amides is 2. The lowest BCUT2D eigenvalue weighted by atomic mass is 9.91. The summed E-state index contributed by atoms with van der Waals surface area (Å²) in [4.78, 5) is 29.6. The molecule has 3 N–H and O–H groups in total. The van der Waals surface area contributed by atoms with Crippen molar-refractivity contribution in [1.82, 2.24) is 19.9 Å². The number of aryl methyl sites for hydroxylation is 1. The van der Waals surface area contributed by atoms with Crippen LogP contribution in [0.5, 0.6) is 0 Å². The topological polar surface area (TPSA) is 150 Å². The number of aromatic nitrogens is 3. The van der Waals surface area contributed by atoms with Crippen LogP contribution in [0.25, 0.3) is 11.3 Å². The Morgan fingerprint density at radius 2 is 1.82 bits per heavy atom. The first-order valence-electron chi connectivity index (χ1n) is 14.2. The van der Waals surface area contributed by atoms with Crippen LogP contribution in [0.3, 0.4) is 0 Å². The van der Waals surface area contributed by atoms with E-state index >= 15 is 0 Å². The standard InChI is InChI=1S/C30H34BrF2N5O7/c1-14-5-18(31)9-19(6-14)38(23-11-36(16(3)40)12-24(23)41)30(43)29-28(44-4)26(27(42)25(13-39)45-29)37-10-22(34-35-37)17-7-20(32)15(2)21(33)8-17/h5-10,23-29,39,41-42H,11-13H2,1-4H3/t23-,24-,25?,26?,27?,28?,29?/m1/s1. The molecule has 15 heteroatoms. The molecule has 242 valence electrons. The fourth-order valence-corrected chi connectivity index (χ4v) is 6.56. The van der Waals surface area contributed by atoms with Gasteiger partial charge in [-0.2, -0.15) is 0 Å². The summed E-state index contributed by atoms with van der Waals surface area (Å²) in [6.07, 6.45) is -5.12. The first-order chi connectivity index (χ1) is 21.3. The van der Waals surface area contributed by atoms with Gasteiger partial charge < -0.3 is 34.6 Å². The van der Waals surface area contributed by atoms with E-state index in [1.54, 1.807) is 12.1 Å². The van der Waals surface area contributed by atoms with Crippen LogP contribution < -0.4 is 4.90 Å². The van der Waals surface area contributed by atoms with Gasteiger partial charge in [0.1, 0.15) is 41.7 Å². The molecule has 0 radical (unpaired) electrons. The number of nitrogens with zero attached hydrogens (tertiary/aromatic N) is 5. The number of methoxy groups -OCH3 is 1. The molecule has 2 fully saturated rings. The quantitative estimate of drug-likeness (QED) is 0.337. The van der Waals surface area contributed by atoms with Crippen LogP contribution in [0.15, 0.2) is 41.0 Å². The average molecular weight is 695 g/mol. The molecule has 2 aliphatic rings. The van der Waals surface area contributed by atoms with Crippen LogP contribution in [0.1, 0.15) is 24.1 Å². The number of aliphatic hydroxyl groups excluding tert-OH is 3. The number of likely N-dealkylation sites (tertiary alicyclic amines) is 1. The van der Waals surface area contributed by atoms with Crippen molar-refractivity contribution < 1.29 is 43.2 Å². The molecule has 12 nitrogen and oxygen atoms in total. The molecular weight excluding hydrogens is 660 g/mol. The van der Waals surface area contributed by atoms with E-state index in [-0.39, 0.29) is 35.8 Å². The van der Waals surface area contributed by atoms with E-state index < -0.39 is 66.8 Å². The lowest BCUT2D eigenvalue weighted by Crippen LogP contribution is -2.63. The van der Waals surface area contributed by atoms with Gasteiger partial charge in [-0.25, -0.2) is 13.5 Å². The molecular formula is C30H34BrF2N5O7. The van der Waals surface area contributed by atoms with Crippen molar-refractivity contribution in [3.05, 3.63) is 63.8 Å². The molecule has 3 heterocycles. The Bertz CT molecular complexity index is 1550. The predicted molar refractivity (Wildman–Crippen MR) is 160 cm³/mol. The summed E-state index contributed by atoms with van der Waals surface area (Å²) >= 11 is 3.46. The number of hydrogen-bond acceptors (Lipinski definition) is 9. The molecule has 5 unspecified atom stereocenters. The summed E-state index contributed by atoms with van der Waals surface area (Å²) < 4.78 is 42.2. The third-order valence-electron chi connectivity index (χ3n) is 8.35.